The number of carbonyl (C=O) groups is 1. The summed E-state index contributed by atoms with van der Waals surface area (Å²) in [6.07, 6.45) is 16.7. The fourth-order valence-electron chi connectivity index (χ4n) is 4.41. The van der Waals surface area contributed by atoms with Gasteiger partial charge in [0.05, 0.1) is 11.5 Å². The van der Waals surface area contributed by atoms with Crippen molar-refractivity contribution in [2.75, 3.05) is 0 Å². The third-order valence-corrected chi connectivity index (χ3v) is 8.39. The number of rotatable bonds is 15. The minimum Gasteiger partial charge on any atom is -0.481 e. The van der Waals surface area contributed by atoms with E-state index in [0.717, 1.165) is 31.6 Å². The van der Waals surface area contributed by atoms with E-state index in [-0.39, 0.29) is 5.92 Å². The van der Waals surface area contributed by atoms with Crippen molar-refractivity contribution in [2.45, 2.75) is 117 Å². The lowest BCUT2D eigenvalue weighted by atomic mass is 9.85. The van der Waals surface area contributed by atoms with Gasteiger partial charge in [-0.05, 0) is 90.4 Å². The summed E-state index contributed by atoms with van der Waals surface area (Å²) in [6, 6.07) is 0. The maximum Gasteiger partial charge on any atom is 0.306 e. The number of allylic oxidation sites excluding steroid dienone is 6. The topological polar surface area (TPSA) is 57.5 Å². The fourth-order valence-corrected chi connectivity index (χ4v) is 4.99. The molecule has 2 N–H and O–H groups in total. The summed E-state index contributed by atoms with van der Waals surface area (Å²) in [7, 11) is 3.05. The van der Waals surface area contributed by atoms with Crippen LogP contribution in [0.2, 0.25) is 0 Å². The van der Waals surface area contributed by atoms with Crippen LogP contribution in [0.1, 0.15) is 106 Å². The van der Waals surface area contributed by atoms with Crippen LogP contribution in [-0.4, -0.2) is 27.4 Å². The van der Waals surface area contributed by atoms with Gasteiger partial charge in [-0.15, -0.1) is 9.24 Å². The van der Waals surface area contributed by atoms with Gasteiger partial charge >= 0.3 is 5.97 Å². The Morgan fingerprint density at radius 2 is 1.88 bits per heavy atom. The lowest BCUT2D eigenvalue weighted by molar-refractivity contribution is -0.141. The van der Waals surface area contributed by atoms with Crippen LogP contribution in [0, 0.1) is 17.8 Å². The Morgan fingerprint density at radius 3 is 2.53 bits per heavy atom. The largest absolute Gasteiger partial charge is 0.481 e. The van der Waals surface area contributed by atoms with Crippen LogP contribution in [0.3, 0.4) is 0 Å². The molecule has 0 aromatic carbocycles. The van der Waals surface area contributed by atoms with E-state index in [2.05, 4.69) is 55.2 Å². The van der Waals surface area contributed by atoms with Crippen molar-refractivity contribution >= 4 is 15.2 Å². The molecule has 0 spiro atoms. The molecule has 0 saturated carbocycles. The zero-order chi connectivity index (χ0) is 24.3. The molecular weight excluding hydrogens is 415 g/mol. The first-order valence-corrected chi connectivity index (χ1v) is 13.3. The molecule has 0 amide bonds. The number of aliphatic hydroxyl groups is 1. The summed E-state index contributed by atoms with van der Waals surface area (Å²) in [5.41, 5.74) is 4.37. The summed E-state index contributed by atoms with van der Waals surface area (Å²) in [4.78, 5) is 10.9. The van der Waals surface area contributed by atoms with Gasteiger partial charge in [0.1, 0.15) is 0 Å². The van der Waals surface area contributed by atoms with E-state index in [0.29, 0.717) is 24.4 Å². The zero-order valence-corrected chi connectivity index (χ0v) is 22.6. The van der Waals surface area contributed by atoms with Crippen LogP contribution < -0.4 is 0 Å². The van der Waals surface area contributed by atoms with Crippen molar-refractivity contribution in [1.82, 2.24) is 0 Å². The summed E-state index contributed by atoms with van der Waals surface area (Å²) in [5, 5.41) is 19.5. The first-order chi connectivity index (χ1) is 14.9. The summed E-state index contributed by atoms with van der Waals surface area (Å²) >= 11 is 0. The highest BCUT2D eigenvalue weighted by Crippen LogP contribution is 2.34. The predicted molar refractivity (Wildman–Crippen MR) is 141 cm³/mol. The smallest absolute Gasteiger partial charge is 0.306 e. The molecule has 32 heavy (non-hydrogen) atoms. The van der Waals surface area contributed by atoms with Crippen LogP contribution in [0.5, 0.6) is 0 Å². The Morgan fingerprint density at radius 1 is 1.19 bits per heavy atom. The molecule has 3 nitrogen and oxygen atoms in total. The summed E-state index contributed by atoms with van der Waals surface area (Å²) < 4.78 is 0. The number of aliphatic carboxylic acids is 1. The molecule has 1 rings (SSSR count). The van der Waals surface area contributed by atoms with Gasteiger partial charge in [0, 0.05) is 5.66 Å². The highest BCUT2D eigenvalue weighted by Gasteiger charge is 2.22. The first kappa shape index (κ1) is 29.1. The number of carboxylic acid groups (broad SMARTS) is 1. The van der Waals surface area contributed by atoms with Gasteiger partial charge < -0.3 is 10.2 Å². The van der Waals surface area contributed by atoms with E-state index < -0.39 is 11.6 Å². The molecule has 6 atom stereocenters. The molecule has 4 heteroatoms. The van der Waals surface area contributed by atoms with Gasteiger partial charge in [-0.25, -0.2) is 0 Å². The highest BCUT2D eigenvalue weighted by molar-refractivity contribution is 7.18. The molecule has 0 fully saturated rings. The molecule has 0 aromatic heterocycles. The molecular formula is C28H49O3P. The van der Waals surface area contributed by atoms with Crippen LogP contribution in [0.25, 0.3) is 0 Å². The molecule has 0 aromatic rings. The molecule has 1 aliphatic rings. The van der Waals surface area contributed by atoms with Gasteiger partial charge in [0.2, 0.25) is 0 Å². The van der Waals surface area contributed by atoms with Gasteiger partial charge in [0.25, 0.3) is 0 Å². The van der Waals surface area contributed by atoms with Gasteiger partial charge in [-0.3, -0.25) is 4.79 Å². The van der Waals surface area contributed by atoms with Gasteiger partial charge in [-0.1, -0.05) is 62.1 Å². The first-order valence-electron chi connectivity index (χ1n) is 12.7. The SMILES string of the molecule is CC1=CC=C(CCC(C)CCC/C(C)=C/CCC(C)(O)CCCC(C)C(=O)O)C(P)C1C. The maximum absolute atomic E-state index is 10.9. The van der Waals surface area contributed by atoms with Crippen molar-refractivity contribution in [3.8, 4) is 0 Å². The maximum atomic E-state index is 10.9. The highest BCUT2D eigenvalue weighted by atomic mass is 31.0. The second-order valence-electron chi connectivity index (χ2n) is 10.7. The van der Waals surface area contributed by atoms with Crippen LogP contribution in [0.4, 0.5) is 0 Å². The molecule has 0 saturated heterocycles. The van der Waals surface area contributed by atoms with Crippen molar-refractivity contribution < 1.29 is 15.0 Å². The average Bonchev–Trinajstić information content (AvgIpc) is 2.71. The minimum absolute atomic E-state index is 0.332. The average molecular weight is 465 g/mol. The molecule has 0 aliphatic heterocycles. The van der Waals surface area contributed by atoms with E-state index >= 15 is 0 Å². The van der Waals surface area contributed by atoms with Crippen molar-refractivity contribution in [1.29, 1.82) is 0 Å². The standard InChI is InChI=1S/C28H49O3P/c1-20(12-8-18-28(6,31)19-9-13-23(4)27(29)30)10-7-11-21(2)14-16-25-17-15-22(3)24(5)26(25)32/h12,15,17,21,23-24,26,31H,7-11,13-14,16,18-19,32H2,1-6H3,(H,29,30)/b20-12+. The van der Waals surface area contributed by atoms with Crippen molar-refractivity contribution in [3.05, 3.63) is 34.9 Å². The normalized spacial score (nSPS) is 23.2. The third kappa shape index (κ3) is 11.3. The lowest BCUT2D eigenvalue weighted by Gasteiger charge is -2.27. The van der Waals surface area contributed by atoms with E-state index in [1.165, 1.54) is 36.8 Å². The number of hydrogen-bond acceptors (Lipinski definition) is 2. The van der Waals surface area contributed by atoms with Crippen LogP contribution in [-0.2, 0) is 4.79 Å². The molecule has 0 radical (unpaired) electrons. The predicted octanol–water partition coefficient (Wildman–Crippen LogP) is 7.71. The summed E-state index contributed by atoms with van der Waals surface area (Å²) in [5.74, 6) is 0.301. The molecule has 6 unspecified atom stereocenters. The van der Waals surface area contributed by atoms with Crippen LogP contribution in [0.15, 0.2) is 34.9 Å². The van der Waals surface area contributed by atoms with Gasteiger partial charge in [-0.2, -0.15) is 0 Å². The molecule has 1 aliphatic carbocycles. The Labute approximate surface area is 200 Å². The Balaban J connectivity index is 2.23. The Hall–Kier alpha value is -0.920. The van der Waals surface area contributed by atoms with Crippen molar-refractivity contribution in [3.63, 3.8) is 0 Å². The third-order valence-electron chi connectivity index (χ3n) is 7.39. The fraction of sp³-hybridized carbons (Fsp3) is 0.750. The number of carboxylic acids is 1. The van der Waals surface area contributed by atoms with E-state index in [1.54, 1.807) is 12.5 Å². The van der Waals surface area contributed by atoms with E-state index in [9.17, 15) is 9.90 Å². The second kappa shape index (κ2) is 14.4. The van der Waals surface area contributed by atoms with Gasteiger partial charge in [0.15, 0.2) is 0 Å². The molecule has 184 valence electrons. The van der Waals surface area contributed by atoms with Crippen molar-refractivity contribution in [2.24, 2.45) is 17.8 Å². The molecule has 0 heterocycles. The number of hydrogen-bond donors (Lipinski definition) is 2. The lowest BCUT2D eigenvalue weighted by Crippen LogP contribution is -2.24. The Bertz CT molecular complexity index is 674. The van der Waals surface area contributed by atoms with E-state index in [4.69, 9.17) is 5.11 Å². The second-order valence-corrected chi connectivity index (χ2v) is 11.4. The monoisotopic (exact) mass is 464 g/mol. The van der Waals surface area contributed by atoms with Crippen LogP contribution >= 0.6 is 9.24 Å². The minimum atomic E-state index is -0.751. The Kier molecular flexibility index (Phi) is 13.1. The summed E-state index contributed by atoms with van der Waals surface area (Å²) in [6.45, 7) is 12.8. The zero-order valence-electron chi connectivity index (χ0n) is 21.5. The molecule has 0 bridgehead atoms. The quantitative estimate of drug-likeness (QED) is 0.193. The van der Waals surface area contributed by atoms with E-state index in [1.807, 2.05) is 6.92 Å².